The van der Waals surface area contributed by atoms with Crippen molar-refractivity contribution in [2.75, 3.05) is 7.11 Å². The molecule has 20 heavy (non-hydrogen) atoms. The fraction of sp³-hybridized carbons (Fsp3) is 0.333. The number of hydrogen-bond donors (Lipinski definition) is 1. The lowest BCUT2D eigenvalue weighted by Gasteiger charge is -2.11. The van der Waals surface area contributed by atoms with Crippen LogP contribution in [-0.2, 0) is 24.7 Å². The molecule has 2 aromatic rings. The van der Waals surface area contributed by atoms with Crippen LogP contribution in [-0.4, -0.2) is 28.0 Å². The lowest BCUT2D eigenvalue weighted by Crippen LogP contribution is -2.19. The molecule has 0 amide bonds. The Kier molecular flexibility index (Phi) is 4.40. The second kappa shape index (κ2) is 6.23. The number of benzene rings is 1. The second-order valence-electron chi connectivity index (χ2n) is 4.78. The van der Waals surface area contributed by atoms with Gasteiger partial charge in [0.25, 0.3) is 0 Å². The Labute approximate surface area is 117 Å². The van der Waals surface area contributed by atoms with Crippen molar-refractivity contribution >= 4 is 5.97 Å². The minimum atomic E-state index is -0.807. The predicted octanol–water partition coefficient (Wildman–Crippen LogP) is 1.91. The van der Waals surface area contributed by atoms with Gasteiger partial charge in [0.05, 0.1) is 18.7 Å². The van der Waals surface area contributed by atoms with Crippen LogP contribution in [0.3, 0.4) is 0 Å². The Balaban J connectivity index is 2.10. The molecule has 0 saturated heterocycles. The summed E-state index contributed by atoms with van der Waals surface area (Å²) in [4.78, 5) is 11.4. The Hall–Kier alpha value is -2.30. The number of ether oxygens (including phenoxy) is 1. The Morgan fingerprint density at radius 3 is 2.80 bits per heavy atom. The van der Waals surface area contributed by atoms with Crippen LogP contribution in [0.15, 0.2) is 36.5 Å². The first-order chi connectivity index (χ1) is 9.58. The molecule has 1 N–H and O–H groups in total. The average Bonchev–Trinajstić information content (AvgIpc) is 2.83. The zero-order chi connectivity index (χ0) is 14.5. The van der Waals surface area contributed by atoms with E-state index in [4.69, 9.17) is 4.74 Å². The van der Waals surface area contributed by atoms with Crippen LogP contribution in [0.2, 0.25) is 0 Å². The van der Waals surface area contributed by atoms with Gasteiger partial charge in [0.15, 0.2) is 0 Å². The van der Waals surface area contributed by atoms with E-state index in [1.807, 2.05) is 43.6 Å². The highest BCUT2D eigenvalue weighted by molar-refractivity contribution is 5.70. The number of rotatable bonds is 6. The predicted molar refractivity (Wildman–Crippen MR) is 74.7 cm³/mol. The van der Waals surface area contributed by atoms with Crippen LogP contribution in [0, 0.1) is 5.92 Å². The first kappa shape index (κ1) is 14.1. The largest absolute Gasteiger partial charge is 0.497 e. The van der Waals surface area contributed by atoms with Gasteiger partial charge in [0, 0.05) is 19.7 Å². The molecule has 0 aliphatic rings. The van der Waals surface area contributed by atoms with Gasteiger partial charge in [-0.25, -0.2) is 0 Å². The summed E-state index contributed by atoms with van der Waals surface area (Å²) >= 11 is 0. The Morgan fingerprint density at radius 2 is 2.20 bits per heavy atom. The standard InChI is InChI=1S/C15H18N2O3/c1-17-7-6-13(16-17)10-12(15(18)19)8-11-4-3-5-14(9-11)20-2/h3-7,9,12H,8,10H2,1-2H3,(H,18,19). The number of methoxy groups -OCH3 is 1. The molecule has 5 nitrogen and oxygen atoms in total. The summed E-state index contributed by atoms with van der Waals surface area (Å²) in [6, 6.07) is 9.35. The van der Waals surface area contributed by atoms with Gasteiger partial charge in [-0.05, 0) is 30.2 Å². The number of carboxylic acids is 1. The summed E-state index contributed by atoms with van der Waals surface area (Å²) in [5.41, 5.74) is 1.75. The summed E-state index contributed by atoms with van der Waals surface area (Å²) in [6.07, 6.45) is 2.70. The molecule has 0 saturated carbocycles. The smallest absolute Gasteiger partial charge is 0.307 e. The summed E-state index contributed by atoms with van der Waals surface area (Å²) in [5, 5.41) is 13.6. The highest BCUT2D eigenvalue weighted by atomic mass is 16.5. The molecule has 0 fully saturated rings. The van der Waals surface area contributed by atoms with E-state index in [9.17, 15) is 9.90 Å². The topological polar surface area (TPSA) is 64.4 Å². The third-order valence-electron chi connectivity index (χ3n) is 3.19. The van der Waals surface area contributed by atoms with Crippen molar-refractivity contribution < 1.29 is 14.6 Å². The molecule has 0 aliphatic heterocycles. The highest BCUT2D eigenvalue weighted by Crippen LogP contribution is 2.18. The zero-order valence-corrected chi connectivity index (χ0v) is 11.6. The number of carbonyl (C=O) groups is 1. The summed E-state index contributed by atoms with van der Waals surface area (Å²) in [6.45, 7) is 0. The number of nitrogens with zero attached hydrogens (tertiary/aromatic N) is 2. The average molecular weight is 274 g/mol. The SMILES string of the molecule is COc1cccc(CC(Cc2ccn(C)n2)C(=O)O)c1. The number of aliphatic carboxylic acids is 1. The second-order valence-corrected chi connectivity index (χ2v) is 4.78. The van der Waals surface area contributed by atoms with Crippen LogP contribution in [0.1, 0.15) is 11.3 Å². The van der Waals surface area contributed by atoms with Gasteiger partial charge in [-0.2, -0.15) is 5.10 Å². The van der Waals surface area contributed by atoms with Crippen LogP contribution in [0.4, 0.5) is 0 Å². The van der Waals surface area contributed by atoms with Crippen molar-refractivity contribution in [3.8, 4) is 5.75 Å². The van der Waals surface area contributed by atoms with E-state index in [0.29, 0.717) is 12.8 Å². The number of aromatic nitrogens is 2. The van der Waals surface area contributed by atoms with Gasteiger partial charge < -0.3 is 9.84 Å². The molecule has 2 rings (SSSR count). The molecule has 1 atom stereocenters. The number of aryl methyl sites for hydroxylation is 1. The van der Waals surface area contributed by atoms with E-state index < -0.39 is 11.9 Å². The molecule has 1 heterocycles. The fourth-order valence-electron chi connectivity index (χ4n) is 2.16. The highest BCUT2D eigenvalue weighted by Gasteiger charge is 2.20. The van der Waals surface area contributed by atoms with Gasteiger partial charge in [0.1, 0.15) is 5.75 Å². The quantitative estimate of drug-likeness (QED) is 0.874. The van der Waals surface area contributed by atoms with Crippen LogP contribution >= 0.6 is 0 Å². The summed E-state index contributed by atoms with van der Waals surface area (Å²) < 4.78 is 6.84. The Morgan fingerprint density at radius 1 is 1.40 bits per heavy atom. The third kappa shape index (κ3) is 3.60. The van der Waals surface area contributed by atoms with E-state index in [0.717, 1.165) is 17.0 Å². The minimum absolute atomic E-state index is 0.424. The van der Waals surface area contributed by atoms with Crippen LogP contribution in [0.5, 0.6) is 5.75 Å². The van der Waals surface area contributed by atoms with Gasteiger partial charge in [-0.3, -0.25) is 9.48 Å². The lowest BCUT2D eigenvalue weighted by atomic mass is 9.95. The third-order valence-corrected chi connectivity index (χ3v) is 3.19. The van der Waals surface area contributed by atoms with E-state index >= 15 is 0 Å². The molecule has 5 heteroatoms. The lowest BCUT2D eigenvalue weighted by molar-refractivity contribution is -0.141. The van der Waals surface area contributed by atoms with Crippen molar-refractivity contribution in [3.05, 3.63) is 47.8 Å². The molecular formula is C15H18N2O3. The van der Waals surface area contributed by atoms with Crippen LogP contribution in [0.25, 0.3) is 0 Å². The Bertz CT molecular complexity index is 592. The molecule has 0 bridgehead atoms. The van der Waals surface area contributed by atoms with E-state index in [-0.39, 0.29) is 0 Å². The van der Waals surface area contributed by atoms with Crippen molar-refractivity contribution in [2.24, 2.45) is 13.0 Å². The maximum atomic E-state index is 11.4. The van der Waals surface area contributed by atoms with Crippen molar-refractivity contribution in [3.63, 3.8) is 0 Å². The number of hydrogen-bond acceptors (Lipinski definition) is 3. The van der Waals surface area contributed by atoms with E-state index in [2.05, 4.69) is 5.10 Å². The summed E-state index contributed by atoms with van der Waals surface area (Å²) in [7, 11) is 3.42. The van der Waals surface area contributed by atoms with E-state index in [1.54, 1.807) is 11.8 Å². The molecule has 0 radical (unpaired) electrons. The normalized spacial score (nSPS) is 12.1. The van der Waals surface area contributed by atoms with Gasteiger partial charge >= 0.3 is 5.97 Å². The maximum absolute atomic E-state index is 11.4. The van der Waals surface area contributed by atoms with Crippen molar-refractivity contribution in [1.82, 2.24) is 9.78 Å². The van der Waals surface area contributed by atoms with Gasteiger partial charge in [0.2, 0.25) is 0 Å². The van der Waals surface area contributed by atoms with Crippen LogP contribution < -0.4 is 4.74 Å². The first-order valence-corrected chi connectivity index (χ1v) is 6.42. The molecular weight excluding hydrogens is 256 g/mol. The maximum Gasteiger partial charge on any atom is 0.307 e. The van der Waals surface area contributed by atoms with Crippen molar-refractivity contribution in [2.45, 2.75) is 12.8 Å². The molecule has 106 valence electrons. The molecule has 0 aliphatic carbocycles. The first-order valence-electron chi connectivity index (χ1n) is 6.42. The van der Waals surface area contributed by atoms with Crippen molar-refractivity contribution in [1.29, 1.82) is 0 Å². The van der Waals surface area contributed by atoms with Gasteiger partial charge in [-0.1, -0.05) is 12.1 Å². The van der Waals surface area contributed by atoms with Gasteiger partial charge in [-0.15, -0.1) is 0 Å². The monoisotopic (exact) mass is 274 g/mol. The molecule has 1 unspecified atom stereocenters. The molecule has 1 aromatic carbocycles. The minimum Gasteiger partial charge on any atom is -0.497 e. The van der Waals surface area contributed by atoms with E-state index in [1.165, 1.54) is 0 Å². The fourth-order valence-corrected chi connectivity index (χ4v) is 2.16. The zero-order valence-electron chi connectivity index (χ0n) is 11.6. The molecule has 1 aromatic heterocycles. The number of carboxylic acid groups (broad SMARTS) is 1. The summed E-state index contributed by atoms with van der Waals surface area (Å²) in [5.74, 6) is -0.556. The molecule has 0 spiro atoms.